The first kappa shape index (κ1) is 12.7. The van der Waals surface area contributed by atoms with Crippen LogP contribution in [0.25, 0.3) is 0 Å². The minimum absolute atomic E-state index is 0.218. The molecule has 7 nitrogen and oxygen atoms in total. The van der Waals surface area contributed by atoms with E-state index in [0.717, 1.165) is 6.42 Å². The lowest BCUT2D eigenvalue weighted by Gasteiger charge is -2.27. The maximum Gasteiger partial charge on any atom is 0.320 e. The Hall–Kier alpha value is -1.79. The van der Waals surface area contributed by atoms with E-state index in [0.29, 0.717) is 25.9 Å². The van der Waals surface area contributed by atoms with Crippen LogP contribution in [-0.2, 0) is 9.59 Å². The molecule has 0 aliphatic carbocycles. The molecule has 2 heterocycles. The van der Waals surface area contributed by atoms with Crippen LogP contribution >= 0.6 is 0 Å². The van der Waals surface area contributed by atoms with Gasteiger partial charge in [0.1, 0.15) is 6.04 Å². The lowest BCUT2D eigenvalue weighted by Crippen LogP contribution is -2.49. The lowest BCUT2D eigenvalue weighted by atomic mass is 10.1. The van der Waals surface area contributed by atoms with Gasteiger partial charge in [-0.05, 0) is 19.3 Å². The number of carbonyl (C=O) groups is 3. The van der Waals surface area contributed by atoms with Gasteiger partial charge in [-0.15, -0.1) is 0 Å². The maximum atomic E-state index is 12.2. The van der Waals surface area contributed by atoms with Crippen molar-refractivity contribution < 1.29 is 19.5 Å². The summed E-state index contributed by atoms with van der Waals surface area (Å²) >= 11 is 0. The van der Waals surface area contributed by atoms with Gasteiger partial charge in [0.2, 0.25) is 5.91 Å². The van der Waals surface area contributed by atoms with Crippen LogP contribution in [0, 0.1) is 5.92 Å². The van der Waals surface area contributed by atoms with Crippen molar-refractivity contribution in [2.24, 2.45) is 11.7 Å². The molecule has 2 rings (SSSR count). The Morgan fingerprint density at radius 3 is 2.44 bits per heavy atom. The number of hydrogen-bond donors (Lipinski definition) is 2. The second-order valence-corrected chi connectivity index (χ2v) is 4.81. The third-order valence-corrected chi connectivity index (χ3v) is 3.63. The summed E-state index contributed by atoms with van der Waals surface area (Å²) in [6.07, 6.45) is 1.82. The van der Waals surface area contributed by atoms with E-state index in [2.05, 4.69) is 0 Å². The molecule has 2 aliphatic heterocycles. The second-order valence-electron chi connectivity index (χ2n) is 4.81. The highest BCUT2D eigenvalue weighted by Crippen LogP contribution is 2.23. The van der Waals surface area contributed by atoms with Crippen LogP contribution in [-0.4, -0.2) is 58.5 Å². The number of nitrogens with two attached hydrogens (primary N) is 1. The van der Waals surface area contributed by atoms with E-state index < -0.39 is 23.8 Å². The molecule has 2 atom stereocenters. The number of rotatable bonds is 2. The molecule has 2 saturated heterocycles. The van der Waals surface area contributed by atoms with Gasteiger partial charge in [0.05, 0.1) is 5.92 Å². The third kappa shape index (κ3) is 2.25. The first-order chi connectivity index (χ1) is 8.50. The highest BCUT2D eigenvalue weighted by atomic mass is 16.4. The number of aliphatic carboxylic acids is 1. The first-order valence-corrected chi connectivity index (χ1v) is 6.08. The number of hydrogen-bond acceptors (Lipinski definition) is 3. The molecule has 0 aromatic heterocycles. The summed E-state index contributed by atoms with van der Waals surface area (Å²) in [4.78, 5) is 37.2. The number of urea groups is 1. The molecular formula is C11H17N3O4. The van der Waals surface area contributed by atoms with Crippen molar-refractivity contribution in [3.05, 3.63) is 0 Å². The molecule has 7 heteroatoms. The number of nitrogens with zero attached hydrogens (tertiary/aromatic N) is 2. The fourth-order valence-electron chi connectivity index (χ4n) is 2.61. The van der Waals surface area contributed by atoms with E-state index >= 15 is 0 Å². The maximum absolute atomic E-state index is 12.2. The highest BCUT2D eigenvalue weighted by Gasteiger charge is 2.38. The summed E-state index contributed by atoms with van der Waals surface area (Å²) in [5, 5.41) is 8.89. The predicted molar refractivity (Wildman–Crippen MR) is 61.6 cm³/mol. The molecule has 0 radical (unpaired) electrons. The van der Waals surface area contributed by atoms with Crippen LogP contribution in [0.4, 0.5) is 4.79 Å². The largest absolute Gasteiger partial charge is 0.481 e. The zero-order valence-electron chi connectivity index (χ0n) is 10.0. The van der Waals surface area contributed by atoms with Gasteiger partial charge in [0.25, 0.3) is 0 Å². The Labute approximate surface area is 105 Å². The minimum atomic E-state index is -0.877. The zero-order valence-corrected chi connectivity index (χ0v) is 10.0. The van der Waals surface area contributed by atoms with Gasteiger partial charge in [0.15, 0.2) is 0 Å². The average Bonchev–Trinajstić information content (AvgIpc) is 2.97. The van der Waals surface area contributed by atoms with Gasteiger partial charge in [-0.1, -0.05) is 0 Å². The highest BCUT2D eigenvalue weighted by molar-refractivity contribution is 5.87. The molecular weight excluding hydrogens is 238 g/mol. The number of carboxylic acids is 1. The number of amides is 3. The van der Waals surface area contributed by atoms with Gasteiger partial charge in [-0.2, -0.15) is 0 Å². The van der Waals surface area contributed by atoms with E-state index in [1.807, 2.05) is 0 Å². The van der Waals surface area contributed by atoms with Crippen molar-refractivity contribution >= 4 is 17.9 Å². The van der Waals surface area contributed by atoms with Crippen molar-refractivity contribution in [3.8, 4) is 0 Å². The van der Waals surface area contributed by atoms with Crippen LogP contribution in [0.15, 0.2) is 0 Å². The van der Waals surface area contributed by atoms with Crippen LogP contribution in [0.1, 0.15) is 19.3 Å². The summed E-state index contributed by atoms with van der Waals surface area (Å²) in [6.45, 7) is 1.16. The van der Waals surface area contributed by atoms with E-state index in [4.69, 9.17) is 10.8 Å². The van der Waals surface area contributed by atoms with Crippen molar-refractivity contribution in [2.75, 3.05) is 19.6 Å². The molecule has 0 bridgehead atoms. The summed E-state index contributed by atoms with van der Waals surface area (Å²) in [5.74, 6) is -1.86. The monoisotopic (exact) mass is 255 g/mol. The van der Waals surface area contributed by atoms with Crippen LogP contribution in [0.3, 0.4) is 0 Å². The van der Waals surface area contributed by atoms with E-state index in [1.165, 1.54) is 9.80 Å². The van der Waals surface area contributed by atoms with Crippen LogP contribution in [0.5, 0.6) is 0 Å². The summed E-state index contributed by atoms with van der Waals surface area (Å²) in [6, 6.07) is -0.804. The van der Waals surface area contributed by atoms with Crippen LogP contribution in [0.2, 0.25) is 0 Å². The molecule has 3 N–H and O–H groups in total. The number of likely N-dealkylation sites (tertiary alicyclic amines) is 2. The molecule has 0 spiro atoms. The fraction of sp³-hybridized carbons (Fsp3) is 0.727. The zero-order chi connectivity index (χ0) is 13.3. The molecule has 2 fully saturated rings. The molecule has 0 saturated carbocycles. The Balaban J connectivity index is 2.00. The van der Waals surface area contributed by atoms with Gasteiger partial charge >= 0.3 is 12.0 Å². The van der Waals surface area contributed by atoms with E-state index in [9.17, 15) is 14.4 Å². The topological polar surface area (TPSA) is 104 Å². The molecule has 18 heavy (non-hydrogen) atoms. The predicted octanol–water partition coefficient (Wildman–Crippen LogP) is -0.537. The van der Waals surface area contributed by atoms with Crippen molar-refractivity contribution in [1.29, 1.82) is 0 Å². The molecule has 100 valence electrons. The Morgan fingerprint density at radius 1 is 1.17 bits per heavy atom. The Bertz CT molecular complexity index is 384. The lowest BCUT2D eigenvalue weighted by molar-refractivity contribution is -0.141. The first-order valence-electron chi connectivity index (χ1n) is 6.08. The van der Waals surface area contributed by atoms with Crippen molar-refractivity contribution in [2.45, 2.75) is 25.3 Å². The van der Waals surface area contributed by atoms with Crippen molar-refractivity contribution in [1.82, 2.24) is 9.80 Å². The SMILES string of the molecule is NC(=O)C1CCCN1C(=O)N1CCC(C(=O)O)C1. The standard InChI is InChI=1S/C11H17N3O4/c12-9(15)8-2-1-4-14(8)11(18)13-5-3-7(6-13)10(16)17/h7-8H,1-6H2,(H2,12,15)(H,16,17). The number of primary amides is 1. The van der Waals surface area contributed by atoms with Crippen molar-refractivity contribution in [3.63, 3.8) is 0 Å². The average molecular weight is 255 g/mol. The van der Waals surface area contributed by atoms with Gasteiger partial charge in [0, 0.05) is 19.6 Å². The van der Waals surface area contributed by atoms with E-state index in [-0.39, 0.29) is 12.6 Å². The summed E-state index contributed by atoms with van der Waals surface area (Å²) < 4.78 is 0. The number of carbonyl (C=O) groups excluding carboxylic acids is 2. The van der Waals surface area contributed by atoms with Gasteiger partial charge < -0.3 is 20.6 Å². The second kappa shape index (κ2) is 4.83. The van der Waals surface area contributed by atoms with E-state index in [1.54, 1.807) is 0 Å². The fourth-order valence-corrected chi connectivity index (χ4v) is 2.61. The smallest absolute Gasteiger partial charge is 0.320 e. The Morgan fingerprint density at radius 2 is 1.89 bits per heavy atom. The Kier molecular flexibility index (Phi) is 3.40. The molecule has 3 amide bonds. The minimum Gasteiger partial charge on any atom is -0.481 e. The summed E-state index contributed by atoms with van der Waals surface area (Å²) in [7, 11) is 0. The quantitative estimate of drug-likeness (QED) is 0.691. The summed E-state index contributed by atoms with van der Waals surface area (Å²) in [5.41, 5.74) is 5.25. The molecule has 2 aliphatic rings. The third-order valence-electron chi connectivity index (χ3n) is 3.63. The molecule has 2 unspecified atom stereocenters. The molecule has 0 aromatic rings. The van der Waals surface area contributed by atoms with Crippen LogP contribution < -0.4 is 5.73 Å². The van der Waals surface area contributed by atoms with Gasteiger partial charge in [-0.25, -0.2) is 4.79 Å². The van der Waals surface area contributed by atoms with Gasteiger partial charge in [-0.3, -0.25) is 9.59 Å². The number of carboxylic acid groups (broad SMARTS) is 1. The molecule has 0 aromatic carbocycles. The normalized spacial score (nSPS) is 27.6.